The number of benzene rings is 1. The van der Waals surface area contributed by atoms with Gasteiger partial charge < -0.3 is 10.0 Å². The van der Waals surface area contributed by atoms with Crippen molar-refractivity contribution in [2.75, 3.05) is 26.2 Å². The highest BCUT2D eigenvalue weighted by Gasteiger charge is 2.33. The average molecular weight is 337 g/mol. The van der Waals surface area contributed by atoms with Crippen LogP contribution in [0.4, 0.5) is 0 Å². The molecule has 2 fully saturated rings. The molecule has 5 heteroatoms. The van der Waals surface area contributed by atoms with Gasteiger partial charge in [0.2, 0.25) is 5.91 Å². The lowest BCUT2D eigenvalue weighted by atomic mass is 9.98. The third-order valence-corrected chi connectivity index (χ3v) is 5.11. The zero-order chi connectivity index (χ0) is 16.2. The van der Waals surface area contributed by atoms with E-state index in [1.807, 2.05) is 29.2 Å². The van der Waals surface area contributed by atoms with Crippen molar-refractivity contribution >= 4 is 17.5 Å². The molecule has 0 atom stereocenters. The van der Waals surface area contributed by atoms with Crippen LogP contribution in [0.15, 0.2) is 24.3 Å². The van der Waals surface area contributed by atoms with Crippen LogP contribution in [0.1, 0.15) is 31.2 Å². The van der Waals surface area contributed by atoms with Crippen molar-refractivity contribution in [2.24, 2.45) is 5.92 Å². The van der Waals surface area contributed by atoms with Crippen LogP contribution in [0, 0.1) is 5.92 Å². The number of aliphatic hydroxyl groups is 1. The molecule has 1 aliphatic heterocycles. The van der Waals surface area contributed by atoms with Gasteiger partial charge in [-0.15, -0.1) is 0 Å². The summed E-state index contributed by atoms with van der Waals surface area (Å²) in [6.45, 7) is 3.23. The Morgan fingerprint density at radius 2 is 2.00 bits per heavy atom. The van der Waals surface area contributed by atoms with Crippen LogP contribution in [-0.2, 0) is 11.3 Å². The Morgan fingerprint density at radius 1 is 1.26 bits per heavy atom. The summed E-state index contributed by atoms with van der Waals surface area (Å²) < 4.78 is 0. The van der Waals surface area contributed by atoms with Gasteiger partial charge in [0.25, 0.3) is 0 Å². The second-order valence-electron chi connectivity index (χ2n) is 6.78. The topological polar surface area (TPSA) is 43.8 Å². The van der Waals surface area contributed by atoms with Gasteiger partial charge in [-0.05, 0) is 62.4 Å². The molecule has 3 rings (SSSR count). The van der Waals surface area contributed by atoms with E-state index in [1.54, 1.807) is 0 Å². The summed E-state index contributed by atoms with van der Waals surface area (Å²) in [5, 5.41) is 9.93. The Hall–Kier alpha value is -1.10. The number of hydrogen-bond donors (Lipinski definition) is 1. The summed E-state index contributed by atoms with van der Waals surface area (Å²) in [5.74, 6) is 0.627. The van der Waals surface area contributed by atoms with E-state index < -0.39 is 0 Å². The normalized spacial score (nSPS) is 19.7. The molecule has 1 amide bonds. The molecule has 1 aromatic rings. The first-order chi connectivity index (χ1) is 11.2. The molecule has 126 valence electrons. The second-order valence-corrected chi connectivity index (χ2v) is 7.22. The molecular weight excluding hydrogens is 312 g/mol. The molecule has 0 unspecified atom stereocenters. The highest BCUT2D eigenvalue weighted by Crippen LogP contribution is 2.29. The van der Waals surface area contributed by atoms with E-state index in [2.05, 4.69) is 4.90 Å². The second kappa shape index (κ2) is 7.65. The molecule has 1 aromatic carbocycles. The number of carbonyl (C=O) groups excluding carboxylic acids is 1. The smallest absolute Gasteiger partial charge is 0.237 e. The minimum Gasteiger partial charge on any atom is -0.396 e. The van der Waals surface area contributed by atoms with Gasteiger partial charge in [0.1, 0.15) is 0 Å². The minimum atomic E-state index is 0.218. The third kappa shape index (κ3) is 4.69. The highest BCUT2D eigenvalue weighted by atomic mass is 35.5. The van der Waals surface area contributed by atoms with Crippen molar-refractivity contribution in [1.29, 1.82) is 0 Å². The van der Waals surface area contributed by atoms with Crippen LogP contribution in [0.25, 0.3) is 0 Å². The minimum absolute atomic E-state index is 0.218. The van der Waals surface area contributed by atoms with Gasteiger partial charge in [0.05, 0.1) is 6.54 Å². The Balaban J connectivity index is 1.57. The summed E-state index contributed by atoms with van der Waals surface area (Å²) in [4.78, 5) is 17.0. The highest BCUT2D eigenvalue weighted by molar-refractivity contribution is 6.30. The van der Waals surface area contributed by atoms with Crippen LogP contribution in [-0.4, -0.2) is 53.1 Å². The number of likely N-dealkylation sites (tertiary alicyclic amines) is 1. The van der Waals surface area contributed by atoms with Crippen molar-refractivity contribution in [1.82, 2.24) is 9.80 Å². The molecule has 1 saturated carbocycles. The van der Waals surface area contributed by atoms with Gasteiger partial charge in [-0.2, -0.15) is 0 Å². The lowest BCUT2D eigenvalue weighted by Crippen LogP contribution is -2.44. The van der Waals surface area contributed by atoms with Crippen LogP contribution < -0.4 is 0 Å². The molecule has 2 aliphatic rings. The molecule has 1 aliphatic carbocycles. The number of amides is 1. The monoisotopic (exact) mass is 336 g/mol. The van der Waals surface area contributed by atoms with E-state index in [1.165, 1.54) is 0 Å². The standard InChI is InChI=1S/C18H25ClN2O2/c19-16-3-1-2-15(10-16)11-21(17-4-5-17)18(23)12-20-8-6-14(13-22)7-9-20/h1-3,10,14,17,22H,4-9,11-13H2. The molecule has 0 radical (unpaired) electrons. The molecule has 1 heterocycles. The molecule has 4 nitrogen and oxygen atoms in total. The predicted octanol–water partition coefficient (Wildman–Crippen LogP) is 2.54. The summed E-state index contributed by atoms with van der Waals surface area (Å²) in [6.07, 6.45) is 4.20. The number of halogens is 1. The number of rotatable bonds is 6. The number of carbonyl (C=O) groups is 1. The van der Waals surface area contributed by atoms with E-state index in [4.69, 9.17) is 11.6 Å². The van der Waals surface area contributed by atoms with Crippen molar-refractivity contribution < 1.29 is 9.90 Å². The zero-order valence-electron chi connectivity index (χ0n) is 13.5. The molecule has 0 spiro atoms. The van der Waals surface area contributed by atoms with E-state index in [9.17, 15) is 9.90 Å². The number of aliphatic hydroxyl groups excluding tert-OH is 1. The quantitative estimate of drug-likeness (QED) is 0.868. The van der Waals surface area contributed by atoms with Gasteiger partial charge in [-0.1, -0.05) is 23.7 Å². The molecule has 1 N–H and O–H groups in total. The molecule has 1 saturated heterocycles. The first-order valence-corrected chi connectivity index (χ1v) is 8.90. The summed E-state index contributed by atoms with van der Waals surface area (Å²) >= 11 is 6.05. The molecular formula is C18H25ClN2O2. The fourth-order valence-corrected chi connectivity index (χ4v) is 3.46. The van der Waals surface area contributed by atoms with Crippen molar-refractivity contribution in [3.8, 4) is 0 Å². The summed E-state index contributed by atoms with van der Waals surface area (Å²) in [7, 11) is 0. The fraction of sp³-hybridized carbons (Fsp3) is 0.611. The number of nitrogens with zero attached hydrogens (tertiary/aromatic N) is 2. The van der Waals surface area contributed by atoms with Crippen molar-refractivity contribution in [3.05, 3.63) is 34.9 Å². The summed E-state index contributed by atoms with van der Waals surface area (Å²) in [5.41, 5.74) is 1.09. The third-order valence-electron chi connectivity index (χ3n) is 4.87. The number of hydrogen-bond acceptors (Lipinski definition) is 3. The lowest BCUT2D eigenvalue weighted by Gasteiger charge is -2.32. The fourth-order valence-electron chi connectivity index (χ4n) is 3.25. The lowest BCUT2D eigenvalue weighted by molar-refractivity contribution is -0.134. The van der Waals surface area contributed by atoms with E-state index in [0.29, 0.717) is 25.0 Å². The van der Waals surface area contributed by atoms with E-state index in [0.717, 1.165) is 49.4 Å². The maximum absolute atomic E-state index is 12.7. The van der Waals surface area contributed by atoms with E-state index >= 15 is 0 Å². The van der Waals surface area contributed by atoms with Gasteiger partial charge in [-0.25, -0.2) is 0 Å². The zero-order valence-corrected chi connectivity index (χ0v) is 14.2. The SMILES string of the molecule is O=C(CN1CCC(CO)CC1)N(Cc1cccc(Cl)c1)C1CC1. The Labute approximate surface area is 143 Å². The van der Waals surface area contributed by atoms with Crippen molar-refractivity contribution in [2.45, 2.75) is 38.3 Å². The first kappa shape index (κ1) is 16.7. The predicted molar refractivity (Wildman–Crippen MR) is 91.3 cm³/mol. The average Bonchev–Trinajstić information content (AvgIpc) is 3.38. The van der Waals surface area contributed by atoms with Crippen molar-refractivity contribution in [3.63, 3.8) is 0 Å². The Morgan fingerprint density at radius 3 is 2.61 bits per heavy atom. The molecule has 0 bridgehead atoms. The first-order valence-electron chi connectivity index (χ1n) is 8.53. The van der Waals surface area contributed by atoms with Crippen LogP contribution in [0.2, 0.25) is 5.02 Å². The van der Waals surface area contributed by atoms with Crippen LogP contribution >= 0.6 is 11.6 Å². The Bertz CT molecular complexity index is 540. The van der Waals surface area contributed by atoms with Gasteiger partial charge in [0, 0.05) is 24.2 Å². The van der Waals surface area contributed by atoms with Gasteiger partial charge in [-0.3, -0.25) is 9.69 Å². The van der Waals surface area contributed by atoms with Crippen LogP contribution in [0.5, 0.6) is 0 Å². The van der Waals surface area contributed by atoms with Crippen LogP contribution in [0.3, 0.4) is 0 Å². The van der Waals surface area contributed by atoms with Gasteiger partial charge >= 0.3 is 0 Å². The van der Waals surface area contributed by atoms with Gasteiger partial charge in [0.15, 0.2) is 0 Å². The maximum Gasteiger partial charge on any atom is 0.237 e. The Kier molecular flexibility index (Phi) is 5.57. The number of piperidine rings is 1. The maximum atomic E-state index is 12.7. The summed E-state index contributed by atoms with van der Waals surface area (Å²) in [6, 6.07) is 8.17. The molecule has 0 aromatic heterocycles. The molecule has 23 heavy (non-hydrogen) atoms. The largest absolute Gasteiger partial charge is 0.396 e. The van der Waals surface area contributed by atoms with E-state index in [-0.39, 0.29) is 12.5 Å².